The Morgan fingerprint density at radius 2 is 1.08 bits per heavy atom. The van der Waals surface area contributed by atoms with Crippen LogP contribution in [0.1, 0.15) is 72.6 Å². The molecule has 0 aromatic rings. The van der Waals surface area contributed by atoms with Gasteiger partial charge in [0.05, 0.1) is 6.61 Å². The van der Waals surface area contributed by atoms with Gasteiger partial charge in [0, 0.05) is 33.0 Å². The van der Waals surface area contributed by atoms with Crippen molar-refractivity contribution in [1.82, 2.24) is 0 Å². The molecule has 150 valence electrons. The quantitative estimate of drug-likeness (QED) is 0.183. The van der Waals surface area contributed by atoms with Gasteiger partial charge in [0.1, 0.15) is 0 Å². The summed E-state index contributed by atoms with van der Waals surface area (Å²) in [6.07, 6.45) is 6.94. The highest BCUT2D eigenvalue weighted by atomic mass is 28.4. The van der Waals surface area contributed by atoms with Crippen molar-refractivity contribution in [3.63, 3.8) is 0 Å². The lowest BCUT2D eigenvalue weighted by Crippen LogP contribution is -2.50. The van der Waals surface area contributed by atoms with E-state index in [9.17, 15) is 0 Å². The first-order valence-electron chi connectivity index (χ1n) is 9.88. The molecule has 0 unspecified atom stereocenters. The summed E-state index contributed by atoms with van der Waals surface area (Å²) in [5.41, 5.74) is 1.03. The van der Waals surface area contributed by atoms with E-state index in [-0.39, 0.29) is 0 Å². The lowest BCUT2D eigenvalue weighted by atomic mass is 10.4. The second-order valence-corrected chi connectivity index (χ2v) is 8.47. The van der Waals surface area contributed by atoms with Crippen molar-refractivity contribution in [1.29, 1.82) is 0 Å². The molecule has 0 bridgehead atoms. The summed E-state index contributed by atoms with van der Waals surface area (Å²) in [5, 5.41) is 0. The van der Waals surface area contributed by atoms with Gasteiger partial charge in [-0.25, -0.2) is 0 Å². The molecule has 0 saturated heterocycles. The standard InChI is InChI=1S/C19H40O5Si/c1-6-9-14-21-25(22-15-10-7-2,23-16-11-8-3)24-17-12-13-20-18-19(4)5/h4,6-18H2,1-3,5H3. The molecule has 0 amide bonds. The summed E-state index contributed by atoms with van der Waals surface area (Å²) in [7, 11) is -3.06. The van der Waals surface area contributed by atoms with Gasteiger partial charge in [0.2, 0.25) is 0 Å². The summed E-state index contributed by atoms with van der Waals surface area (Å²) in [6.45, 7) is 15.8. The zero-order valence-corrected chi connectivity index (χ0v) is 17.9. The maximum Gasteiger partial charge on any atom is 0.679 e. The van der Waals surface area contributed by atoms with Crippen LogP contribution in [0.4, 0.5) is 0 Å². The normalized spacial score (nSPS) is 11.8. The molecular formula is C19H40O5Si. The molecule has 0 radical (unpaired) electrons. The van der Waals surface area contributed by atoms with E-state index in [1.165, 1.54) is 0 Å². The van der Waals surface area contributed by atoms with E-state index < -0.39 is 9.05 Å². The minimum absolute atomic E-state index is 0.521. The second-order valence-electron chi connectivity index (χ2n) is 6.32. The summed E-state index contributed by atoms with van der Waals surface area (Å²) >= 11 is 0. The summed E-state index contributed by atoms with van der Waals surface area (Å²) < 4.78 is 29.6. The number of unbranched alkanes of at least 4 members (excludes halogenated alkanes) is 3. The Balaban J connectivity index is 4.50. The van der Waals surface area contributed by atoms with Gasteiger partial charge in [-0.15, -0.1) is 0 Å². The van der Waals surface area contributed by atoms with Crippen LogP contribution in [0.15, 0.2) is 12.2 Å². The SMILES string of the molecule is C=C(C)COCCCO[Si](OCCCC)(OCCCC)OCCCC. The van der Waals surface area contributed by atoms with Gasteiger partial charge >= 0.3 is 9.05 Å². The van der Waals surface area contributed by atoms with Crippen molar-refractivity contribution in [2.75, 3.05) is 39.6 Å². The molecule has 0 aromatic carbocycles. The molecule has 0 aliphatic rings. The van der Waals surface area contributed by atoms with Gasteiger partial charge in [-0.05, 0) is 32.6 Å². The Kier molecular flexibility index (Phi) is 17.0. The van der Waals surface area contributed by atoms with Crippen molar-refractivity contribution in [2.45, 2.75) is 72.6 Å². The van der Waals surface area contributed by atoms with Crippen molar-refractivity contribution in [2.24, 2.45) is 0 Å². The maximum atomic E-state index is 6.05. The summed E-state index contributed by atoms with van der Waals surface area (Å²) in [4.78, 5) is 0. The third-order valence-corrected chi connectivity index (χ3v) is 5.62. The van der Waals surface area contributed by atoms with Crippen molar-refractivity contribution < 1.29 is 22.4 Å². The third kappa shape index (κ3) is 14.6. The molecule has 5 nitrogen and oxygen atoms in total. The van der Waals surface area contributed by atoms with E-state index in [0.717, 1.165) is 50.5 Å². The first kappa shape index (κ1) is 24.8. The fraction of sp³-hybridized carbons (Fsp3) is 0.895. The molecular weight excluding hydrogens is 336 g/mol. The topological polar surface area (TPSA) is 46.2 Å². The van der Waals surface area contributed by atoms with E-state index in [4.69, 9.17) is 22.4 Å². The molecule has 0 heterocycles. The van der Waals surface area contributed by atoms with Crippen LogP contribution in [0.5, 0.6) is 0 Å². The van der Waals surface area contributed by atoms with Gasteiger partial charge in [-0.1, -0.05) is 52.2 Å². The van der Waals surface area contributed by atoms with Crippen LogP contribution in [-0.4, -0.2) is 48.7 Å². The predicted octanol–water partition coefficient (Wildman–Crippen LogP) is 4.87. The zero-order valence-electron chi connectivity index (χ0n) is 16.9. The number of ether oxygens (including phenoxy) is 1. The number of hydrogen-bond acceptors (Lipinski definition) is 5. The maximum absolute atomic E-state index is 6.05. The van der Waals surface area contributed by atoms with E-state index in [1.807, 2.05) is 6.92 Å². The van der Waals surface area contributed by atoms with E-state index in [2.05, 4.69) is 27.4 Å². The van der Waals surface area contributed by atoms with Crippen LogP contribution in [0, 0.1) is 0 Å². The van der Waals surface area contributed by atoms with E-state index in [1.54, 1.807) is 0 Å². The summed E-state index contributed by atoms with van der Waals surface area (Å²) in [6, 6.07) is 0. The molecule has 25 heavy (non-hydrogen) atoms. The number of hydrogen-bond donors (Lipinski definition) is 0. The molecule has 0 rings (SSSR count). The first-order chi connectivity index (χ1) is 12.1. The second kappa shape index (κ2) is 17.2. The fourth-order valence-electron chi connectivity index (χ4n) is 1.88. The minimum atomic E-state index is -3.06. The van der Waals surface area contributed by atoms with Gasteiger partial charge in [-0.3, -0.25) is 0 Å². The van der Waals surface area contributed by atoms with Crippen molar-refractivity contribution in [3.05, 3.63) is 12.2 Å². The van der Waals surface area contributed by atoms with Crippen LogP contribution in [0.25, 0.3) is 0 Å². The lowest BCUT2D eigenvalue weighted by molar-refractivity contribution is -0.0391. The monoisotopic (exact) mass is 376 g/mol. The smallest absolute Gasteiger partial charge is 0.377 e. The lowest BCUT2D eigenvalue weighted by Gasteiger charge is -2.28. The molecule has 6 heteroatoms. The van der Waals surface area contributed by atoms with E-state index in [0.29, 0.717) is 39.6 Å². The largest absolute Gasteiger partial charge is 0.679 e. The average molecular weight is 377 g/mol. The Bertz CT molecular complexity index is 286. The van der Waals surface area contributed by atoms with Crippen LogP contribution in [0.2, 0.25) is 0 Å². The Labute approximate surface area is 156 Å². The highest BCUT2D eigenvalue weighted by Gasteiger charge is 2.45. The van der Waals surface area contributed by atoms with Crippen LogP contribution in [0.3, 0.4) is 0 Å². The highest BCUT2D eigenvalue weighted by molar-refractivity contribution is 6.53. The summed E-state index contributed by atoms with van der Waals surface area (Å²) in [5.74, 6) is 0. The fourth-order valence-corrected chi connectivity index (χ4v) is 3.96. The molecule has 0 fully saturated rings. The highest BCUT2D eigenvalue weighted by Crippen LogP contribution is 2.15. The molecule has 0 saturated carbocycles. The predicted molar refractivity (Wildman–Crippen MR) is 105 cm³/mol. The molecule has 0 N–H and O–H groups in total. The zero-order chi connectivity index (χ0) is 18.8. The average Bonchev–Trinajstić information content (AvgIpc) is 2.58. The van der Waals surface area contributed by atoms with Gasteiger partial charge in [0.15, 0.2) is 0 Å². The molecule has 0 atom stereocenters. The first-order valence-corrected chi connectivity index (χ1v) is 11.5. The van der Waals surface area contributed by atoms with E-state index >= 15 is 0 Å². The molecule has 0 aromatic heterocycles. The molecule has 0 aliphatic heterocycles. The number of rotatable bonds is 19. The van der Waals surface area contributed by atoms with Crippen molar-refractivity contribution in [3.8, 4) is 0 Å². The molecule has 0 aliphatic carbocycles. The van der Waals surface area contributed by atoms with Crippen LogP contribution < -0.4 is 0 Å². The minimum Gasteiger partial charge on any atom is -0.377 e. The van der Waals surface area contributed by atoms with Crippen molar-refractivity contribution >= 4 is 9.05 Å². The van der Waals surface area contributed by atoms with Gasteiger partial charge in [0.25, 0.3) is 0 Å². The molecule has 0 spiro atoms. The Morgan fingerprint density at radius 3 is 1.44 bits per heavy atom. The Morgan fingerprint density at radius 1 is 0.680 bits per heavy atom. The van der Waals surface area contributed by atoms with Gasteiger partial charge < -0.3 is 22.4 Å². The Hall–Kier alpha value is -0.243. The van der Waals surface area contributed by atoms with Crippen LogP contribution in [-0.2, 0) is 22.4 Å². The van der Waals surface area contributed by atoms with Gasteiger partial charge in [-0.2, -0.15) is 0 Å². The van der Waals surface area contributed by atoms with Crippen LogP contribution >= 0.6 is 0 Å². The third-order valence-electron chi connectivity index (χ3n) is 3.39.